The Bertz CT molecular complexity index is 1480. The summed E-state index contributed by atoms with van der Waals surface area (Å²) in [5.41, 5.74) is 1.70. The molecule has 1 aromatic heterocycles. The number of hydrogen-bond acceptors (Lipinski definition) is 4. The third-order valence-corrected chi connectivity index (χ3v) is 7.55. The Kier molecular flexibility index (Phi) is 7.83. The fourth-order valence-corrected chi connectivity index (χ4v) is 5.51. The van der Waals surface area contributed by atoms with E-state index < -0.39 is 27.4 Å². The van der Waals surface area contributed by atoms with Crippen molar-refractivity contribution in [2.24, 2.45) is 0 Å². The molecule has 4 aromatic rings. The molecule has 4 rings (SSSR count). The number of sulfone groups is 1. The Morgan fingerprint density at radius 3 is 2.22 bits per heavy atom. The molecule has 0 radical (unpaired) electrons. The summed E-state index contributed by atoms with van der Waals surface area (Å²) in [6.07, 6.45) is 1.44. The van der Waals surface area contributed by atoms with Gasteiger partial charge in [0, 0.05) is 6.04 Å². The van der Waals surface area contributed by atoms with Gasteiger partial charge < -0.3 is 9.47 Å². The lowest BCUT2D eigenvalue weighted by atomic mass is 10.1. The Labute approximate surface area is 215 Å². The van der Waals surface area contributed by atoms with Crippen molar-refractivity contribution in [2.75, 3.05) is 0 Å². The van der Waals surface area contributed by atoms with Crippen LogP contribution in [0.2, 0.25) is 0 Å². The van der Waals surface area contributed by atoms with E-state index in [0.717, 1.165) is 5.56 Å². The van der Waals surface area contributed by atoms with Gasteiger partial charge in [-0.25, -0.2) is 22.2 Å². The molecule has 1 heterocycles. The van der Waals surface area contributed by atoms with Gasteiger partial charge in [0.2, 0.25) is 15.0 Å². The number of aromatic nitrogens is 2. The molecule has 0 N–H and O–H groups in total. The zero-order valence-electron chi connectivity index (χ0n) is 20.5. The first-order valence-electron chi connectivity index (χ1n) is 11.8. The van der Waals surface area contributed by atoms with Gasteiger partial charge in [-0.05, 0) is 49.2 Å². The predicted molar refractivity (Wildman–Crippen MR) is 136 cm³/mol. The Hall–Kier alpha value is -3.85. The summed E-state index contributed by atoms with van der Waals surface area (Å²) in [5, 5.41) is -0.155. The van der Waals surface area contributed by atoms with Gasteiger partial charge in [-0.3, -0.25) is 4.79 Å². The monoisotopic (exact) mass is 523 g/mol. The highest BCUT2D eigenvalue weighted by atomic mass is 32.2. The molecule has 192 valence electrons. The van der Waals surface area contributed by atoms with E-state index in [9.17, 15) is 22.0 Å². The van der Waals surface area contributed by atoms with Gasteiger partial charge in [0.15, 0.2) is 0 Å². The number of rotatable bonds is 9. The van der Waals surface area contributed by atoms with E-state index in [-0.39, 0.29) is 35.6 Å². The topological polar surface area (TPSA) is 72.3 Å². The maximum absolute atomic E-state index is 14.4. The van der Waals surface area contributed by atoms with Crippen molar-refractivity contribution in [3.8, 4) is 0 Å². The van der Waals surface area contributed by atoms with Crippen LogP contribution in [0.15, 0.2) is 90.2 Å². The molecular formula is C28H27F2N3O3S. The van der Waals surface area contributed by atoms with Crippen LogP contribution in [0.3, 0.4) is 0 Å². The standard InChI is InChI=1S/C28H27F2N3O3S/c1-20(2)32(27(34)25-10-6-7-11-26(25)30)18-24-16-31-28(33(24)17-21-8-4-3-5-9-21)37(35,36)19-22-12-14-23(29)15-13-22/h3-16,20H,17-19H2,1-2H3. The number of halogens is 2. The Morgan fingerprint density at radius 2 is 1.57 bits per heavy atom. The second kappa shape index (κ2) is 11.0. The van der Waals surface area contributed by atoms with Crippen molar-refractivity contribution in [1.29, 1.82) is 0 Å². The predicted octanol–water partition coefficient (Wildman–Crippen LogP) is 5.23. The average Bonchev–Trinajstić information content (AvgIpc) is 3.27. The lowest BCUT2D eigenvalue weighted by Crippen LogP contribution is -2.37. The fourth-order valence-electron chi connectivity index (χ4n) is 4.02. The highest BCUT2D eigenvalue weighted by molar-refractivity contribution is 7.90. The maximum Gasteiger partial charge on any atom is 0.257 e. The smallest absolute Gasteiger partial charge is 0.257 e. The van der Waals surface area contributed by atoms with Crippen LogP contribution in [0.5, 0.6) is 0 Å². The molecule has 1 amide bonds. The van der Waals surface area contributed by atoms with Gasteiger partial charge in [0.05, 0.1) is 36.3 Å². The van der Waals surface area contributed by atoms with Crippen molar-refractivity contribution in [2.45, 2.75) is 43.9 Å². The lowest BCUT2D eigenvalue weighted by Gasteiger charge is -2.27. The molecule has 37 heavy (non-hydrogen) atoms. The SMILES string of the molecule is CC(C)N(Cc1cnc(S(=O)(=O)Cc2ccc(F)cc2)n1Cc1ccccc1)C(=O)c1ccccc1F. The highest BCUT2D eigenvalue weighted by Gasteiger charge is 2.28. The molecule has 0 saturated carbocycles. The fraction of sp³-hybridized carbons (Fsp3) is 0.214. The van der Waals surface area contributed by atoms with E-state index in [2.05, 4.69) is 4.98 Å². The molecule has 0 aliphatic heterocycles. The van der Waals surface area contributed by atoms with Crippen LogP contribution < -0.4 is 0 Å². The molecule has 0 aliphatic rings. The highest BCUT2D eigenvalue weighted by Crippen LogP contribution is 2.22. The first-order chi connectivity index (χ1) is 17.7. The minimum Gasteiger partial charge on any atom is -0.330 e. The van der Waals surface area contributed by atoms with Crippen molar-refractivity contribution in [1.82, 2.24) is 14.5 Å². The van der Waals surface area contributed by atoms with Crippen LogP contribution in [0.25, 0.3) is 0 Å². The van der Waals surface area contributed by atoms with E-state index >= 15 is 0 Å². The molecule has 0 unspecified atom stereocenters. The van der Waals surface area contributed by atoms with Gasteiger partial charge in [0.25, 0.3) is 5.91 Å². The third-order valence-electron chi connectivity index (χ3n) is 5.95. The number of imidazole rings is 1. The minimum atomic E-state index is -3.93. The van der Waals surface area contributed by atoms with E-state index in [1.54, 1.807) is 10.6 Å². The number of hydrogen-bond donors (Lipinski definition) is 0. The quantitative estimate of drug-likeness (QED) is 0.301. The first kappa shape index (κ1) is 26.2. The van der Waals surface area contributed by atoms with Crippen LogP contribution in [-0.4, -0.2) is 34.8 Å². The van der Waals surface area contributed by atoms with Crippen LogP contribution >= 0.6 is 0 Å². The summed E-state index contributed by atoms with van der Waals surface area (Å²) in [6, 6.07) is 20.0. The maximum atomic E-state index is 14.4. The Morgan fingerprint density at radius 1 is 0.919 bits per heavy atom. The molecule has 0 aliphatic carbocycles. The van der Waals surface area contributed by atoms with E-state index in [1.165, 1.54) is 53.6 Å². The van der Waals surface area contributed by atoms with Gasteiger partial charge in [-0.15, -0.1) is 0 Å². The molecule has 0 saturated heterocycles. The number of carbonyl (C=O) groups excluding carboxylic acids is 1. The van der Waals surface area contributed by atoms with Crippen LogP contribution in [0.1, 0.15) is 41.0 Å². The summed E-state index contributed by atoms with van der Waals surface area (Å²) < 4.78 is 56.1. The number of carbonyl (C=O) groups is 1. The third kappa shape index (κ3) is 6.11. The van der Waals surface area contributed by atoms with Crippen molar-refractivity contribution >= 4 is 15.7 Å². The summed E-state index contributed by atoms with van der Waals surface area (Å²) in [5.74, 6) is -1.95. The van der Waals surface area contributed by atoms with Crippen molar-refractivity contribution < 1.29 is 22.0 Å². The Balaban J connectivity index is 1.73. The minimum absolute atomic E-state index is 0.0245. The van der Waals surface area contributed by atoms with Crippen LogP contribution in [0, 0.1) is 11.6 Å². The van der Waals surface area contributed by atoms with E-state index in [1.807, 2.05) is 44.2 Å². The molecule has 9 heteroatoms. The second-order valence-electron chi connectivity index (χ2n) is 9.00. The van der Waals surface area contributed by atoms with Crippen LogP contribution in [-0.2, 0) is 28.7 Å². The number of benzene rings is 3. The van der Waals surface area contributed by atoms with Gasteiger partial charge in [-0.2, -0.15) is 0 Å². The van der Waals surface area contributed by atoms with Crippen molar-refractivity contribution in [3.63, 3.8) is 0 Å². The van der Waals surface area contributed by atoms with E-state index in [4.69, 9.17) is 0 Å². The van der Waals surface area contributed by atoms with E-state index in [0.29, 0.717) is 11.3 Å². The summed E-state index contributed by atoms with van der Waals surface area (Å²) in [4.78, 5) is 19.0. The molecular weight excluding hydrogens is 496 g/mol. The van der Waals surface area contributed by atoms with Gasteiger partial charge in [-0.1, -0.05) is 54.6 Å². The second-order valence-corrected chi connectivity index (χ2v) is 10.9. The van der Waals surface area contributed by atoms with Gasteiger partial charge in [0.1, 0.15) is 11.6 Å². The number of amides is 1. The number of nitrogens with zero attached hydrogens (tertiary/aromatic N) is 3. The van der Waals surface area contributed by atoms with Crippen LogP contribution in [0.4, 0.5) is 8.78 Å². The van der Waals surface area contributed by atoms with Crippen molar-refractivity contribution in [3.05, 3.63) is 119 Å². The molecule has 0 bridgehead atoms. The average molecular weight is 524 g/mol. The molecule has 0 atom stereocenters. The molecule has 0 spiro atoms. The molecule has 6 nitrogen and oxygen atoms in total. The first-order valence-corrected chi connectivity index (χ1v) is 13.4. The normalized spacial score (nSPS) is 11.6. The zero-order valence-corrected chi connectivity index (χ0v) is 21.3. The summed E-state index contributed by atoms with van der Waals surface area (Å²) in [7, 11) is -3.93. The summed E-state index contributed by atoms with van der Waals surface area (Å²) in [6.45, 7) is 3.84. The lowest BCUT2D eigenvalue weighted by molar-refractivity contribution is 0.0680. The molecule has 0 fully saturated rings. The largest absolute Gasteiger partial charge is 0.330 e. The van der Waals surface area contributed by atoms with Gasteiger partial charge >= 0.3 is 0 Å². The molecule has 3 aromatic carbocycles. The zero-order chi connectivity index (χ0) is 26.6. The summed E-state index contributed by atoms with van der Waals surface area (Å²) >= 11 is 0.